The highest BCUT2D eigenvalue weighted by Crippen LogP contribution is 2.39. The van der Waals surface area contributed by atoms with E-state index in [0.717, 1.165) is 29.0 Å². The first-order valence-corrected chi connectivity index (χ1v) is 11.9. The van der Waals surface area contributed by atoms with Gasteiger partial charge in [0.25, 0.3) is 11.8 Å². The number of amides is 3. The minimum absolute atomic E-state index is 0.0730. The van der Waals surface area contributed by atoms with Crippen LogP contribution in [-0.4, -0.2) is 60.6 Å². The summed E-state index contributed by atoms with van der Waals surface area (Å²) in [6.07, 6.45) is -4.04. The third-order valence-corrected chi connectivity index (χ3v) is 6.76. The number of ether oxygens (including phenoxy) is 1. The van der Waals surface area contributed by atoms with E-state index in [1.165, 1.54) is 24.3 Å². The first-order valence-electron chi connectivity index (χ1n) is 11.5. The second-order valence-electron chi connectivity index (χ2n) is 9.05. The molecule has 198 valence electrons. The van der Waals surface area contributed by atoms with Crippen LogP contribution in [0, 0.1) is 5.82 Å². The number of methoxy groups -OCH3 is 1. The second kappa shape index (κ2) is 10.6. The largest absolute Gasteiger partial charge is 0.453 e. The fourth-order valence-corrected chi connectivity index (χ4v) is 4.90. The van der Waals surface area contributed by atoms with Gasteiger partial charge in [-0.3, -0.25) is 19.4 Å². The zero-order valence-electron chi connectivity index (χ0n) is 19.7. The molecule has 4 rings (SSSR count). The summed E-state index contributed by atoms with van der Waals surface area (Å²) < 4.78 is 60.3. The lowest BCUT2D eigenvalue weighted by molar-refractivity contribution is -0.133. The van der Waals surface area contributed by atoms with Gasteiger partial charge >= 0.3 is 6.09 Å². The Bertz CT molecular complexity index is 1190. The number of anilines is 1. The van der Waals surface area contributed by atoms with Crippen LogP contribution in [0.2, 0.25) is 5.02 Å². The van der Waals surface area contributed by atoms with Crippen LogP contribution in [0.3, 0.4) is 0 Å². The predicted molar refractivity (Wildman–Crippen MR) is 127 cm³/mol. The number of hydrogen-bond acceptors (Lipinski definition) is 4. The third-order valence-electron chi connectivity index (χ3n) is 6.41. The molecule has 7 nitrogen and oxygen atoms in total. The summed E-state index contributed by atoms with van der Waals surface area (Å²) >= 11 is 6.39. The fraction of sp³-hybridized carbons (Fsp3) is 0.400. The van der Waals surface area contributed by atoms with Gasteiger partial charge in [-0.05, 0) is 24.3 Å². The minimum atomic E-state index is -2.92. The van der Waals surface area contributed by atoms with Crippen LogP contribution in [0.4, 0.5) is 28.0 Å². The van der Waals surface area contributed by atoms with Crippen LogP contribution < -0.4 is 10.2 Å². The molecule has 0 unspecified atom stereocenters. The average molecular weight is 542 g/mol. The van der Waals surface area contributed by atoms with Gasteiger partial charge in [0.05, 0.1) is 13.7 Å². The van der Waals surface area contributed by atoms with Gasteiger partial charge in [0.2, 0.25) is 5.91 Å². The number of carbonyl (C=O) groups excluding carboxylic acids is 3. The Hall–Kier alpha value is -3.34. The zero-order valence-corrected chi connectivity index (χ0v) is 20.4. The second-order valence-corrected chi connectivity index (χ2v) is 9.46. The Balaban J connectivity index is 1.80. The molecule has 12 heteroatoms. The number of carbonyl (C=O) groups is 3. The van der Waals surface area contributed by atoms with Crippen molar-refractivity contribution in [2.24, 2.45) is 0 Å². The lowest BCUT2D eigenvalue weighted by atomic mass is 9.87. The number of halogens is 5. The van der Waals surface area contributed by atoms with Crippen molar-refractivity contribution in [1.29, 1.82) is 0 Å². The van der Waals surface area contributed by atoms with Crippen molar-refractivity contribution in [2.45, 2.75) is 49.5 Å². The number of nitrogens with zero attached hydrogens (tertiary/aromatic N) is 2. The molecule has 0 spiro atoms. The molecule has 0 radical (unpaired) electrons. The Morgan fingerprint density at radius 3 is 2.49 bits per heavy atom. The summed E-state index contributed by atoms with van der Waals surface area (Å²) in [7, 11) is 1.08. The molecule has 0 bridgehead atoms. The van der Waals surface area contributed by atoms with Crippen molar-refractivity contribution in [2.75, 3.05) is 18.6 Å². The van der Waals surface area contributed by atoms with Crippen molar-refractivity contribution >= 4 is 35.2 Å². The quantitative estimate of drug-likeness (QED) is 0.540. The molecule has 1 aliphatic heterocycles. The number of likely N-dealkylation sites (tertiary alicyclic amines) is 1. The molecule has 3 atom stereocenters. The third kappa shape index (κ3) is 5.66. The molecule has 0 aromatic heterocycles. The normalized spacial score (nSPS) is 21.6. The summed E-state index contributed by atoms with van der Waals surface area (Å²) in [5.74, 6) is -5.38. The van der Waals surface area contributed by atoms with Crippen molar-refractivity contribution < 1.29 is 36.7 Å². The molecule has 1 saturated carbocycles. The maximum Gasteiger partial charge on any atom is 0.410 e. The number of rotatable bonds is 6. The van der Waals surface area contributed by atoms with Gasteiger partial charge in [0.1, 0.15) is 24.1 Å². The van der Waals surface area contributed by atoms with Crippen molar-refractivity contribution in [3.05, 3.63) is 64.9 Å². The van der Waals surface area contributed by atoms with Gasteiger partial charge in [0, 0.05) is 41.6 Å². The van der Waals surface area contributed by atoms with Crippen LogP contribution in [0.15, 0.2) is 48.5 Å². The summed E-state index contributed by atoms with van der Waals surface area (Å²) in [6.45, 7) is -0.416. The SMILES string of the molecule is COC(=O)N1C[C@@H](F)C[C@H]1C(=O)N(c1cccc(F)c1)[C@H](C(=O)NC1CC(F)(F)C1)c1ccccc1Cl. The molecule has 1 heterocycles. The van der Waals surface area contributed by atoms with E-state index < -0.39 is 73.3 Å². The van der Waals surface area contributed by atoms with Gasteiger partial charge in [0.15, 0.2) is 0 Å². The Kier molecular flexibility index (Phi) is 7.63. The summed E-state index contributed by atoms with van der Waals surface area (Å²) in [5, 5.41) is 2.60. The predicted octanol–water partition coefficient (Wildman–Crippen LogP) is 4.65. The molecule has 2 aromatic carbocycles. The zero-order chi connectivity index (χ0) is 26.9. The van der Waals surface area contributed by atoms with E-state index in [2.05, 4.69) is 5.32 Å². The Morgan fingerprint density at radius 2 is 1.86 bits per heavy atom. The topological polar surface area (TPSA) is 79.0 Å². The molecule has 1 saturated heterocycles. The Labute approximate surface area is 215 Å². The maximum absolute atomic E-state index is 14.4. The van der Waals surface area contributed by atoms with Gasteiger partial charge in [-0.15, -0.1) is 0 Å². The number of benzene rings is 2. The molecular weight excluding hydrogens is 518 g/mol. The van der Waals surface area contributed by atoms with Crippen molar-refractivity contribution in [3.8, 4) is 0 Å². The minimum Gasteiger partial charge on any atom is -0.453 e. The Morgan fingerprint density at radius 1 is 1.16 bits per heavy atom. The van der Waals surface area contributed by atoms with E-state index in [4.69, 9.17) is 16.3 Å². The van der Waals surface area contributed by atoms with Crippen molar-refractivity contribution in [3.63, 3.8) is 0 Å². The highest BCUT2D eigenvalue weighted by molar-refractivity contribution is 6.31. The monoisotopic (exact) mass is 541 g/mol. The van der Waals surface area contributed by atoms with E-state index >= 15 is 0 Å². The maximum atomic E-state index is 14.4. The molecule has 2 fully saturated rings. The molecular formula is C25H24ClF4N3O4. The van der Waals surface area contributed by atoms with Crippen LogP contribution in [0.25, 0.3) is 0 Å². The lowest BCUT2D eigenvalue weighted by Gasteiger charge is -2.39. The number of hydrogen-bond donors (Lipinski definition) is 1. The van der Waals surface area contributed by atoms with Crippen LogP contribution in [0.5, 0.6) is 0 Å². The van der Waals surface area contributed by atoms with E-state index in [1.807, 2.05) is 0 Å². The van der Waals surface area contributed by atoms with Gasteiger partial charge in [-0.1, -0.05) is 35.9 Å². The summed E-state index contributed by atoms with van der Waals surface area (Å²) in [4.78, 5) is 41.7. The van der Waals surface area contributed by atoms with Crippen LogP contribution in [0.1, 0.15) is 30.9 Å². The van der Waals surface area contributed by atoms with Crippen LogP contribution >= 0.6 is 11.6 Å². The first kappa shape index (κ1) is 26.7. The number of alkyl halides is 3. The summed E-state index contributed by atoms with van der Waals surface area (Å²) in [6, 6.07) is 7.09. The number of nitrogens with one attached hydrogen (secondary N) is 1. The lowest BCUT2D eigenvalue weighted by Crippen LogP contribution is -2.56. The van der Waals surface area contributed by atoms with E-state index in [9.17, 15) is 31.9 Å². The highest BCUT2D eigenvalue weighted by atomic mass is 35.5. The van der Waals surface area contributed by atoms with E-state index in [0.29, 0.717) is 0 Å². The van der Waals surface area contributed by atoms with E-state index in [1.54, 1.807) is 12.1 Å². The molecule has 2 aliphatic rings. The molecule has 2 aromatic rings. The summed E-state index contributed by atoms with van der Waals surface area (Å²) in [5.41, 5.74) is 0.0564. The van der Waals surface area contributed by atoms with Crippen molar-refractivity contribution in [1.82, 2.24) is 10.2 Å². The van der Waals surface area contributed by atoms with E-state index in [-0.39, 0.29) is 22.7 Å². The molecule has 3 amide bonds. The smallest absolute Gasteiger partial charge is 0.410 e. The molecule has 1 N–H and O–H groups in total. The van der Waals surface area contributed by atoms with Gasteiger partial charge < -0.3 is 10.1 Å². The van der Waals surface area contributed by atoms with Gasteiger partial charge in [-0.2, -0.15) is 0 Å². The van der Waals surface area contributed by atoms with Gasteiger partial charge in [-0.25, -0.2) is 22.4 Å². The first-order chi connectivity index (χ1) is 17.5. The molecule has 1 aliphatic carbocycles. The molecule has 37 heavy (non-hydrogen) atoms. The standard InChI is InChI=1S/C25H24ClF4N3O4/c1-37-24(36)32-13-15(28)10-20(32)23(35)33(17-6-4-5-14(27)9-17)21(18-7-2-3-8-19(18)26)22(34)31-16-11-25(29,30)12-16/h2-9,15-16,20-21H,10-13H2,1H3,(H,31,34)/t15-,20-,21-/m0/s1. The van der Waals surface area contributed by atoms with Crippen LogP contribution in [-0.2, 0) is 14.3 Å². The average Bonchev–Trinajstić information content (AvgIpc) is 3.22. The fourth-order valence-electron chi connectivity index (χ4n) is 4.67. The highest BCUT2D eigenvalue weighted by Gasteiger charge is 2.49.